The molecular formula is C14H23N3O3S. The van der Waals surface area contributed by atoms with Gasteiger partial charge in [0.25, 0.3) is 10.2 Å². The number of nitrogens with zero attached hydrogens (tertiary/aromatic N) is 3. The zero-order chi connectivity index (χ0) is 15.5. The second kappa shape index (κ2) is 6.74. The van der Waals surface area contributed by atoms with Crippen molar-refractivity contribution >= 4 is 10.2 Å². The van der Waals surface area contributed by atoms with Crippen LogP contribution in [0.5, 0.6) is 5.75 Å². The first-order valence-corrected chi connectivity index (χ1v) is 8.36. The van der Waals surface area contributed by atoms with Crippen molar-refractivity contribution < 1.29 is 13.2 Å². The normalized spacial score (nSPS) is 18.1. The van der Waals surface area contributed by atoms with Crippen molar-refractivity contribution in [2.75, 3.05) is 47.4 Å². The summed E-state index contributed by atoms with van der Waals surface area (Å²) in [5.41, 5.74) is 1.18. The lowest BCUT2D eigenvalue weighted by atomic mass is 10.2. The van der Waals surface area contributed by atoms with Gasteiger partial charge in [0.15, 0.2) is 0 Å². The fraction of sp³-hybridized carbons (Fsp3) is 0.571. The molecule has 1 saturated heterocycles. The Morgan fingerprint density at radius 1 is 1.19 bits per heavy atom. The van der Waals surface area contributed by atoms with Crippen LogP contribution in [0.3, 0.4) is 0 Å². The molecule has 0 saturated carbocycles. The van der Waals surface area contributed by atoms with Crippen molar-refractivity contribution in [1.82, 2.24) is 13.5 Å². The van der Waals surface area contributed by atoms with E-state index in [0.717, 1.165) is 25.4 Å². The van der Waals surface area contributed by atoms with Crippen LogP contribution >= 0.6 is 0 Å². The molecule has 118 valence electrons. The molecule has 0 aromatic heterocycles. The number of rotatable bonds is 5. The molecule has 1 aliphatic rings. The Bertz CT molecular complexity index is 567. The summed E-state index contributed by atoms with van der Waals surface area (Å²) in [7, 11) is 1.50. The van der Waals surface area contributed by atoms with Gasteiger partial charge in [0.05, 0.1) is 7.11 Å². The molecule has 6 nitrogen and oxygen atoms in total. The largest absolute Gasteiger partial charge is 0.497 e. The smallest absolute Gasteiger partial charge is 0.281 e. The predicted molar refractivity (Wildman–Crippen MR) is 82.5 cm³/mol. The van der Waals surface area contributed by atoms with Crippen molar-refractivity contribution in [2.45, 2.75) is 6.54 Å². The Morgan fingerprint density at radius 3 is 2.43 bits per heavy atom. The fourth-order valence-electron chi connectivity index (χ4n) is 2.38. The summed E-state index contributed by atoms with van der Waals surface area (Å²) in [6.07, 6.45) is 0. The van der Waals surface area contributed by atoms with Gasteiger partial charge >= 0.3 is 0 Å². The maximum absolute atomic E-state index is 12.1. The number of hydrogen-bond acceptors (Lipinski definition) is 4. The standard InChI is InChI=1S/C14H23N3O3S/c1-15(2)21(18,19)17-9-7-16(8-10-17)12-13-5-4-6-14(11-13)20-3/h4-6,11H,7-10,12H2,1-3H3. The van der Waals surface area contributed by atoms with E-state index in [9.17, 15) is 8.42 Å². The molecule has 1 aliphatic heterocycles. The molecule has 0 N–H and O–H groups in total. The predicted octanol–water partition coefficient (Wildman–Crippen LogP) is 0.619. The van der Waals surface area contributed by atoms with Crippen LogP contribution in [0.1, 0.15) is 5.56 Å². The van der Waals surface area contributed by atoms with Gasteiger partial charge in [-0.25, -0.2) is 0 Å². The first-order chi connectivity index (χ1) is 9.93. The molecule has 0 spiro atoms. The van der Waals surface area contributed by atoms with Crippen molar-refractivity contribution in [3.8, 4) is 5.75 Å². The summed E-state index contributed by atoms with van der Waals surface area (Å²) < 4.78 is 32.1. The van der Waals surface area contributed by atoms with E-state index >= 15 is 0 Å². The Balaban J connectivity index is 1.92. The number of ether oxygens (including phenoxy) is 1. The highest BCUT2D eigenvalue weighted by atomic mass is 32.2. The van der Waals surface area contributed by atoms with Crippen LogP contribution in [0.25, 0.3) is 0 Å². The second-order valence-corrected chi connectivity index (χ2v) is 7.46. The quantitative estimate of drug-likeness (QED) is 0.800. The van der Waals surface area contributed by atoms with E-state index in [1.807, 2.05) is 18.2 Å². The van der Waals surface area contributed by atoms with Crippen molar-refractivity contribution in [2.24, 2.45) is 0 Å². The van der Waals surface area contributed by atoms with Gasteiger partial charge in [0.1, 0.15) is 5.75 Å². The van der Waals surface area contributed by atoms with Gasteiger partial charge in [-0.05, 0) is 17.7 Å². The van der Waals surface area contributed by atoms with E-state index in [-0.39, 0.29) is 0 Å². The van der Waals surface area contributed by atoms with Crippen molar-refractivity contribution in [3.63, 3.8) is 0 Å². The number of methoxy groups -OCH3 is 1. The van der Waals surface area contributed by atoms with Gasteiger partial charge in [0.2, 0.25) is 0 Å². The summed E-state index contributed by atoms with van der Waals surface area (Å²) in [5, 5.41) is 0. The van der Waals surface area contributed by atoms with Crippen LogP contribution in [0.2, 0.25) is 0 Å². The van der Waals surface area contributed by atoms with Crippen LogP contribution in [0.15, 0.2) is 24.3 Å². The van der Waals surface area contributed by atoms with Crippen molar-refractivity contribution in [3.05, 3.63) is 29.8 Å². The summed E-state index contributed by atoms with van der Waals surface area (Å²) in [6.45, 7) is 3.36. The second-order valence-electron chi connectivity index (χ2n) is 5.32. The minimum atomic E-state index is -3.29. The molecule has 0 unspecified atom stereocenters. The summed E-state index contributed by atoms with van der Waals surface area (Å²) in [5.74, 6) is 0.848. The zero-order valence-electron chi connectivity index (χ0n) is 12.8. The molecular weight excluding hydrogens is 290 g/mol. The van der Waals surface area contributed by atoms with Crippen LogP contribution < -0.4 is 4.74 Å². The van der Waals surface area contributed by atoms with Crippen LogP contribution in [-0.2, 0) is 16.8 Å². The molecule has 0 atom stereocenters. The Labute approximate surface area is 127 Å². The molecule has 21 heavy (non-hydrogen) atoms. The van der Waals surface area contributed by atoms with Crippen LogP contribution in [0, 0.1) is 0 Å². The van der Waals surface area contributed by atoms with E-state index in [4.69, 9.17) is 4.74 Å². The lowest BCUT2D eigenvalue weighted by molar-refractivity contribution is 0.177. The highest BCUT2D eigenvalue weighted by Gasteiger charge is 2.28. The van der Waals surface area contributed by atoms with Gasteiger partial charge in [-0.15, -0.1) is 0 Å². The maximum Gasteiger partial charge on any atom is 0.281 e. The Hall–Kier alpha value is -1.15. The molecule has 1 fully saturated rings. The molecule has 7 heteroatoms. The SMILES string of the molecule is COc1cccc(CN2CCN(S(=O)(=O)N(C)C)CC2)c1. The minimum absolute atomic E-state index is 0.532. The number of benzene rings is 1. The zero-order valence-corrected chi connectivity index (χ0v) is 13.6. The van der Waals surface area contributed by atoms with Gasteiger partial charge in [0, 0.05) is 46.8 Å². The van der Waals surface area contributed by atoms with Crippen LogP contribution in [0.4, 0.5) is 0 Å². The monoisotopic (exact) mass is 313 g/mol. The maximum atomic E-state index is 12.1. The number of piperazine rings is 1. The molecule has 0 radical (unpaired) electrons. The Morgan fingerprint density at radius 2 is 1.86 bits per heavy atom. The van der Waals surface area contributed by atoms with E-state index in [2.05, 4.69) is 11.0 Å². The molecule has 0 amide bonds. The topological polar surface area (TPSA) is 53.1 Å². The minimum Gasteiger partial charge on any atom is -0.497 e. The average Bonchev–Trinajstić information content (AvgIpc) is 2.48. The summed E-state index contributed by atoms with van der Waals surface area (Å²) in [4.78, 5) is 2.26. The molecule has 0 aliphatic carbocycles. The third-order valence-electron chi connectivity index (χ3n) is 3.66. The highest BCUT2D eigenvalue weighted by Crippen LogP contribution is 2.16. The third kappa shape index (κ3) is 3.94. The van der Waals surface area contributed by atoms with E-state index < -0.39 is 10.2 Å². The van der Waals surface area contributed by atoms with E-state index in [1.165, 1.54) is 14.2 Å². The van der Waals surface area contributed by atoms with E-state index in [1.54, 1.807) is 21.2 Å². The molecule has 0 bridgehead atoms. The average molecular weight is 313 g/mol. The van der Waals surface area contributed by atoms with Gasteiger partial charge in [-0.2, -0.15) is 17.0 Å². The van der Waals surface area contributed by atoms with Gasteiger partial charge in [-0.1, -0.05) is 12.1 Å². The molecule has 1 aromatic carbocycles. The lowest BCUT2D eigenvalue weighted by Crippen LogP contribution is -2.51. The van der Waals surface area contributed by atoms with Gasteiger partial charge < -0.3 is 4.74 Å². The first-order valence-electron chi connectivity index (χ1n) is 6.96. The fourth-order valence-corrected chi connectivity index (χ4v) is 3.46. The summed E-state index contributed by atoms with van der Waals surface area (Å²) >= 11 is 0. The third-order valence-corrected chi connectivity index (χ3v) is 5.60. The Kier molecular flexibility index (Phi) is 5.21. The van der Waals surface area contributed by atoms with Gasteiger partial charge in [-0.3, -0.25) is 4.90 Å². The highest BCUT2D eigenvalue weighted by molar-refractivity contribution is 7.86. The van der Waals surface area contributed by atoms with Crippen molar-refractivity contribution in [1.29, 1.82) is 0 Å². The molecule has 2 rings (SSSR count). The van der Waals surface area contributed by atoms with Crippen LogP contribution in [-0.4, -0.2) is 69.3 Å². The lowest BCUT2D eigenvalue weighted by Gasteiger charge is -2.35. The first kappa shape index (κ1) is 16.2. The summed E-state index contributed by atoms with van der Waals surface area (Å²) in [6, 6.07) is 7.97. The molecule has 1 aromatic rings. The van der Waals surface area contributed by atoms with E-state index in [0.29, 0.717) is 13.1 Å². The number of hydrogen-bond donors (Lipinski definition) is 0. The molecule has 1 heterocycles.